The number of amides is 3. The Morgan fingerprint density at radius 1 is 1.17 bits per heavy atom. The quantitative estimate of drug-likeness (QED) is 0.659. The molecule has 4 rings (SSSR count). The number of carbonyl (C=O) groups is 2. The monoisotopic (exact) mass is 405 g/mol. The van der Waals surface area contributed by atoms with Crippen molar-refractivity contribution in [1.82, 2.24) is 15.1 Å². The highest BCUT2D eigenvalue weighted by molar-refractivity contribution is 5.79. The van der Waals surface area contributed by atoms with Crippen molar-refractivity contribution in [2.75, 3.05) is 13.6 Å². The van der Waals surface area contributed by atoms with E-state index in [2.05, 4.69) is 5.32 Å². The number of nitrogens with one attached hydrogen (secondary N) is 1. The average molecular weight is 405 g/mol. The lowest BCUT2D eigenvalue weighted by molar-refractivity contribution is -0.128. The minimum Gasteiger partial charge on any atom is -0.459 e. The minimum atomic E-state index is -0.199. The van der Waals surface area contributed by atoms with E-state index in [0.717, 1.165) is 40.8 Å². The van der Waals surface area contributed by atoms with E-state index in [9.17, 15) is 9.59 Å². The zero-order valence-electron chi connectivity index (χ0n) is 17.4. The van der Waals surface area contributed by atoms with Gasteiger partial charge in [0.25, 0.3) is 0 Å². The molecular weight excluding hydrogens is 378 g/mol. The van der Waals surface area contributed by atoms with Gasteiger partial charge in [0.1, 0.15) is 11.3 Å². The van der Waals surface area contributed by atoms with Gasteiger partial charge in [-0.25, -0.2) is 4.79 Å². The lowest BCUT2D eigenvalue weighted by atomic mass is 10.1. The molecule has 1 aliphatic heterocycles. The summed E-state index contributed by atoms with van der Waals surface area (Å²) in [4.78, 5) is 28.3. The summed E-state index contributed by atoms with van der Waals surface area (Å²) in [7, 11) is 1.77. The Labute approximate surface area is 176 Å². The van der Waals surface area contributed by atoms with Crippen molar-refractivity contribution in [3.05, 3.63) is 71.5 Å². The molecular formula is C24H27N3O3. The van der Waals surface area contributed by atoms with E-state index in [0.29, 0.717) is 19.5 Å². The Bertz CT molecular complexity index is 1030. The number of furan rings is 1. The number of likely N-dealkylation sites (tertiary alicyclic amines) is 1. The molecule has 1 fully saturated rings. The molecule has 156 valence electrons. The van der Waals surface area contributed by atoms with Gasteiger partial charge in [-0.3, -0.25) is 4.79 Å². The lowest BCUT2D eigenvalue weighted by Crippen LogP contribution is -2.38. The van der Waals surface area contributed by atoms with Crippen LogP contribution >= 0.6 is 0 Å². The molecule has 2 aromatic carbocycles. The Kier molecular flexibility index (Phi) is 5.74. The second-order valence-corrected chi connectivity index (χ2v) is 7.82. The fraction of sp³-hybridized carbons (Fsp3) is 0.333. The number of carbonyl (C=O) groups excluding carboxylic acids is 2. The smallest absolute Gasteiger partial charge is 0.318 e. The van der Waals surface area contributed by atoms with Crippen molar-refractivity contribution in [2.45, 2.75) is 38.9 Å². The van der Waals surface area contributed by atoms with Crippen LogP contribution in [0.4, 0.5) is 4.79 Å². The zero-order chi connectivity index (χ0) is 21.1. The summed E-state index contributed by atoms with van der Waals surface area (Å²) in [5.74, 6) is 0.954. The number of urea groups is 1. The Hall–Kier alpha value is -3.28. The molecule has 6 nitrogen and oxygen atoms in total. The molecule has 0 bridgehead atoms. The van der Waals surface area contributed by atoms with Crippen molar-refractivity contribution in [1.29, 1.82) is 0 Å². The number of para-hydroxylation sites is 1. The number of rotatable bonds is 6. The first-order valence-corrected chi connectivity index (χ1v) is 10.4. The first kappa shape index (κ1) is 20.0. The van der Waals surface area contributed by atoms with Crippen molar-refractivity contribution < 1.29 is 14.0 Å². The predicted octanol–water partition coefficient (Wildman–Crippen LogP) is 4.46. The highest BCUT2D eigenvalue weighted by Crippen LogP contribution is 2.26. The fourth-order valence-corrected chi connectivity index (χ4v) is 3.83. The summed E-state index contributed by atoms with van der Waals surface area (Å²) in [6, 6.07) is 17.4. The number of hydrogen-bond donors (Lipinski definition) is 1. The van der Waals surface area contributed by atoms with Crippen molar-refractivity contribution in [3.63, 3.8) is 0 Å². The summed E-state index contributed by atoms with van der Waals surface area (Å²) in [6.07, 6.45) is 1.55. The topological polar surface area (TPSA) is 65.8 Å². The number of hydrogen-bond acceptors (Lipinski definition) is 3. The Morgan fingerprint density at radius 3 is 2.63 bits per heavy atom. The second kappa shape index (κ2) is 8.61. The molecule has 3 amide bonds. The van der Waals surface area contributed by atoms with Gasteiger partial charge in [-0.1, -0.05) is 42.5 Å². The molecule has 1 atom stereocenters. The van der Waals surface area contributed by atoms with E-state index < -0.39 is 0 Å². The maximum atomic E-state index is 12.8. The molecule has 3 aromatic rings. The van der Waals surface area contributed by atoms with Crippen molar-refractivity contribution in [2.24, 2.45) is 0 Å². The van der Waals surface area contributed by atoms with Crippen LogP contribution in [0.5, 0.6) is 0 Å². The third-order valence-electron chi connectivity index (χ3n) is 5.84. The van der Waals surface area contributed by atoms with Gasteiger partial charge >= 0.3 is 6.03 Å². The molecule has 1 aliphatic rings. The summed E-state index contributed by atoms with van der Waals surface area (Å²) in [5.41, 5.74) is 2.91. The van der Waals surface area contributed by atoms with Gasteiger partial charge in [0, 0.05) is 38.5 Å². The Balaban J connectivity index is 1.40. The number of fused-ring (bicyclic) bond motifs is 1. The van der Waals surface area contributed by atoms with E-state index in [1.54, 1.807) is 11.9 Å². The van der Waals surface area contributed by atoms with Crippen LogP contribution in [0.15, 0.2) is 59.0 Å². The van der Waals surface area contributed by atoms with Gasteiger partial charge in [0.15, 0.2) is 0 Å². The van der Waals surface area contributed by atoms with Gasteiger partial charge in [0.05, 0.1) is 6.04 Å². The largest absolute Gasteiger partial charge is 0.459 e. The number of nitrogens with zero attached hydrogens (tertiary/aromatic N) is 2. The molecule has 0 radical (unpaired) electrons. The summed E-state index contributed by atoms with van der Waals surface area (Å²) in [5, 5.41) is 4.03. The van der Waals surface area contributed by atoms with E-state index in [-0.39, 0.29) is 18.0 Å². The fourth-order valence-electron chi connectivity index (χ4n) is 3.83. The van der Waals surface area contributed by atoms with E-state index in [4.69, 9.17) is 4.42 Å². The summed E-state index contributed by atoms with van der Waals surface area (Å²) >= 11 is 0. The first-order chi connectivity index (χ1) is 14.5. The molecule has 0 saturated carbocycles. The van der Waals surface area contributed by atoms with Crippen LogP contribution in [0.1, 0.15) is 42.7 Å². The van der Waals surface area contributed by atoms with Crippen LogP contribution < -0.4 is 5.32 Å². The second-order valence-electron chi connectivity index (χ2n) is 7.82. The van der Waals surface area contributed by atoms with E-state index in [1.165, 1.54) is 0 Å². The average Bonchev–Trinajstić information content (AvgIpc) is 3.38. The Morgan fingerprint density at radius 2 is 1.90 bits per heavy atom. The standard InChI is InChI=1S/C24H27N3O3/c1-17(22-14-18-8-5-6-11-21(18)30-22)26(2)24(29)25-15-19-9-3-4-10-20(19)16-27-13-7-12-23(27)28/h3-6,8-11,14,17H,7,12-13,15-16H2,1-2H3,(H,25,29)/t17-/m1/s1. The van der Waals surface area contributed by atoms with Crippen LogP contribution in [-0.2, 0) is 17.9 Å². The highest BCUT2D eigenvalue weighted by Gasteiger charge is 2.22. The van der Waals surface area contributed by atoms with Crippen molar-refractivity contribution in [3.8, 4) is 0 Å². The van der Waals surface area contributed by atoms with Crippen LogP contribution in [0, 0.1) is 0 Å². The molecule has 1 saturated heterocycles. The van der Waals surface area contributed by atoms with Gasteiger partial charge < -0.3 is 19.5 Å². The van der Waals surface area contributed by atoms with Crippen LogP contribution in [0.2, 0.25) is 0 Å². The van der Waals surface area contributed by atoms with Gasteiger partial charge in [-0.2, -0.15) is 0 Å². The molecule has 2 heterocycles. The molecule has 1 N–H and O–H groups in total. The molecule has 0 unspecified atom stereocenters. The summed E-state index contributed by atoms with van der Waals surface area (Å²) < 4.78 is 5.91. The third-order valence-corrected chi connectivity index (χ3v) is 5.84. The normalized spacial score (nSPS) is 14.9. The lowest BCUT2D eigenvalue weighted by Gasteiger charge is -2.24. The molecule has 0 aliphatic carbocycles. The molecule has 6 heteroatoms. The van der Waals surface area contributed by atoms with Crippen LogP contribution in [0.3, 0.4) is 0 Å². The maximum absolute atomic E-state index is 12.8. The molecule has 30 heavy (non-hydrogen) atoms. The first-order valence-electron chi connectivity index (χ1n) is 10.4. The SMILES string of the molecule is C[C@H](c1cc2ccccc2o1)N(C)C(=O)NCc1ccccc1CN1CCCC1=O. The van der Waals surface area contributed by atoms with Gasteiger partial charge in [0.2, 0.25) is 5.91 Å². The van der Waals surface area contributed by atoms with Crippen molar-refractivity contribution >= 4 is 22.9 Å². The third kappa shape index (κ3) is 4.17. The van der Waals surface area contributed by atoms with Crippen LogP contribution in [0.25, 0.3) is 11.0 Å². The predicted molar refractivity (Wildman–Crippen MR) is 116 cm³/mol. The molecule has 0 spiro atoms. The maximum Gasteiger partial charge on any atom is 0.318 e. The number of benzene rings is 2. The highest BCUT2D eigenvalue weighted by atomic mass is 16.3. The zero-order valence-corrected chi connectivity index (χ0v) is 17.4. The van der Waals surface area contributed by atoms with Gasteiger partial charge in [-0.15, -0.1) is 0 Å². The van der Waals surface area contributed by atoms with Gasteiger partial charge in [-0.05, 0) is 36.6 Å². The summed E-state index contributed by atoms with van der Waals surface area (Å²) in [6.45, 7) is 3.76. The van der Waals surface area contributed by atoms with Crippen LogP contribution in [-0.4, -0.2) is 35.3 Å². The molecule has 1 aromatic heterocycles. The minimum absolute atomic E-state index is 0.171. The van der Waals surface area contributed by atoms with E-state index in [1.807, 2.05) is 66.4 Å². The van der Waals surface area contributed by atoms with E-state index >= 15 is 0 Å².